The number of carbonyl (C=O) groups excluding carboxylic acids is 1. The number of hydrogen-bond acceptors (Lipinski definition) is 3. The van der Waals surface area contributed by atoms with Crippen LogP contribution < -0.4 is 0 Å². The molecule has 0 aliphatic carbocycles. The molecule has 3 heteroatoms. The van der Waals surface area contributed by atoms with Gasteiger partial charge in [-0.15, -0.1) is 0 Å². The molecule has 0 radical (unpaired) electrons. The van der Waals surface area contributed by atoms with Gasteiger partial charge in [-0.05, 0) is 30.9 Å². The van der Waals surface area contributed by atoms with Crippen LogP contribution in [0.4, 0.5) is 0 Å². The van der Waals surface area contributed by atoms with E-state index >= 15 is 0 Å². The Morgan fingerprint density at radius 1 is 0.870 bits per heavy atom. The van der Waals surface area contributed by atoms with Crippen LogP contribution in [0.1, 0.15) is 18.1 Å². The summed E-state index contributed by atoms with van der Waals surface area (Å²) in [5.41, 5.74) is 2.59. The van der Waals surface area contributed by atoms with Crippen molar-refractivity contribution in [3.05, 3.63) is 71.8 Å². The van der Waals surface area contributed by atoms with Crippen molar-refractivity contribution in [2.75, 3.05) is 26.2 Å². The normalized spacial score (nSPS) is 10.7. The summed E-state index contributed by atoms with van der Waals surface area (Å²) < 4.78 is 5.10. The summed E-state index contributed by atoms with van der Waals surface area (Å²) in [6, 6.07) is 20.7. The van der Waals surface area contributed by atoms with Gasteiger partial charge < -0.3 is 4.74 Å². The summed E-state index contributed by atoms with van der Waals surface area (Å²) in [6.45, 7) is 4.35. The summed E-state index contributed by atoms with van der Waals surface area (Å²) in [4.78, 5) is 14.0. The second-order valence-electron chi connectivity index (χ2n) is 5.55. The van der Waals surface area contributed by atoms with Gasteiger partial charge in [0.15, 0.2) is 0 Å². The maximum atomic E-state index is 11.8. The van der Waals surface area contributed by atoms with Gasteiger partial charge in [0.1, 0.15) is 0 Å². The van der Waals surface area contributed by atoms with E-state index < -0.39 is 0 Å². The largest absolute Gasteiger partial charge is 0.465 e. The second-order valence-corrected chi connectivity index (χ2v) is 5.55. The number of nitrogens with zero attached hydrogens (tertiary/aromatic N) is 1. The zero-order valence-electron chi connectivity index (χ0n) is 13.8. The zero-order valence-corrected chi connectivity index (χ0v) is 13.8. The van der Waals surface area contributed by atoms with Crippen LogP contribution in [0.3, 0.4) is 0 Å². The quantitative estimate of drug-likeness (QED) is 0.665. The van der Waals surface area contributed by atoms with Gasteiger partial charge in [-0.1, -0.05) is 60.7 Å². The van der Waals surface area contributed by atoms with E-state index in [1.165, 1.54) is 11.1 Å². The molecule has 2 rings (SSSR count). The third-order valence-electron chi connectivity index (χ3n) is 3.78. The van der Waals surface area contributed by atoms with Crippen LogP contribution in [-0.2, 0) is 22.4 Å². The molecule has 3 nitrogen and oxygen atoms in total. The van der Waals surface area contributed by atoms with Crippen molar-refractivity contribution < 1.29 is 9.53 Å². The number of carbonyl (C=O) groups is 1. The first-order chi connectivity index (χ1) is 11.3. The van der Waals surface area contributed by atoms with Crippen LogP contribution >= 0.6 is 0 Å². The molecule has 23 heavy (non-hydrogen) atoms. The Morgan fingerprint density at radius 3 is 1.78 bits per heavy atom. The third-order valence-corrected chi connectivity index (χ3v) is 3.78. The van der Waals surface area contributed by atoms with E-state index in [1.807, 2.05) is 19.1 Å². The van der Waals surface area contributed by atoms with Crippen molar-refractivity contribution in [1.29, 1.82) is 0 Å². The van der Waals surface area contributed by atoms with Crippen molar-refractivity contribution in [3.8, 4) is 0 Å². The SMILES string of the molecule is CCOC(=O)CN(CCc1ccccc1)CCc1ccccc1. The molecule has 0 aromatic heterocycles. The maximum Gasteiger partial charge on any atom is 0.320 e. The molecule has 0 saturated carbocycles. The van der Waals surface area contributed by atoms with Crippen molar-refractivity contribution >= 4 is 5.97 Å². The van der Waals surface area contributed by atoms with Gasteiger partial charge in [0.2, 0.25) is 0 Å². The summed E-state index contributed by atoms with van der Waals surface area (Å²) in [7, 11) is 0. The summed E-state index contributed by atoms with van der Waals surface area (Å²) in [5, 5.41) is 0. The molecule has 0 N–H and O–H groups in total. The fraction of sp³-hybridized carbons (Fsp3) is 0.350. The van der Waals surface area contributed by atoms with Crippen LogP contribution in [0.2, 0.25) is 0 Å². The average Bonchev–Trinajstić information content (AvgIpc) is 2.59. The fourth-order valence-corrected chi connectivity index (χ4v) is 2.52. The molecule has 0 bridgehead atoms. The average molecular weight is 311 g/mol. The lowest BCUT2D eigenvalue weighted by molar-refractivity contribution is -0.144. The Balaban J connectivity index is 1.89. The topological polar surface area (TPSA) is 29.5 Å². The van der Waals surface area contributed by atoms with E-state index in [9.17, 15) is 4.79 Å². The zero-order chi connectivity index (χ0) is 16.3. The molecule has 122 valence electrons. The van der Waals surface area contributed by atoms with Gasteiger partial charge in [0.05, 0.1) is 13.2 Å². The van der Waals surface area contributed by atoms with Gasteiger partial charge in [0.25, 0.3) is 0 Å². The summed E-state index contributed by atoms with van der Waals surface area (Å²) >= 11 is 0. The number of esters is 1. The molecule has 0 amide bonds. The molecule has 2 aromatic carbocycles. The minimum atomic E-state index is -0.145. The van der Waals surface area contributed by atoms with Gasteiger partial charge in [-0.25, -0.2) is 0 Å². The van der Waals surface area contributed by atoms with E-state index in [1.54, 1.807) is 0 Å². The lowest BCUT2D eigenvalue weighted by Crippen LogP contribution is -2.34. The van der Waals surface area contributed by atoms with Gasteiger partial charge in [-0.2, -0.15) is 0 Å². The number of benzene rings is 2. The molecule has 0 atom stereocenters. The van der Waals surface area contributed by atoms with Crippen molar-refractivity contribution in [1.82, 2.24) is 4.90 Å². The highest BCUT2D eigenvalue weighted by atomic mass is 16.5. The van der Waals surface area contributed by atoms with E-state index in [0.29, 0.717) is 13.2 Å². The van der Waals surface area contributed by atoms with E-state index in [4.69, 9.17) is 4.74 Å². The monoisotopic (exact) mass is 311 g/mol. The third kappa shape index (κ3) is 6.66. The molecule has 0 spiro atoms. The van der Waals surface area contributed by atoms with E-state index in [-0.39, 0.29) is 5.97 Å². The molecule has 2 aromatic rings. The predicted molar refractivity (Wildman–Crippen MR) is 93.4 cm³/mol. The first kappa shape index (κ1) is 17.2. The minimum absolute atomic E-state index is 0.145. The van der Waals surface area contributed by atoms with Crippen LogP contribution in [0.25, 0.3) is 0 Å². The van der Waals surface area contributed by atoms with Crippen molar-refractivity contribution in [2.45, 2.75) is 19.8 Å². The molecular weight excluding hydrogens is 286 g/mol. The highest BCUT2D eigenvalue weighted by Gasteiger charge is 2.11. The minimum Gasteiger partial charge on any atom is -0.465 e. The smallest absolute Gasteiger partial charge is 0.320 e. The highest BCUT2D eigenvalue weighted by Crippen LogP contribution is 2.05. The Bertz CT molecular complexity index is 525. The molecule has 0 fully saturated rings. The number of hydrogen-bond donors (Lipinski definition) is 0. The van der Waals surface area contributed by atoms with E-state index in [0.717, 1.165) is 25.9 Å². The first-order valence-electron chi connectivity index (χ1n) is 8.23. The molecule has 0 heterocycles. The molecule has 0 aliphatic rings. The Morgan fingerprint density at radius 2 is 1.35 bits per heavy atom. The Hall–Kier alpha value is -2.13. The standard InChI is InChI=1S/C20H25NO2/c1-2-23-20(22)17-21(15-13-18-9-5-3-6-10-18)16-14-19-11-7-4-8-12-19/h3-12H,2,13-17H2,1H3. The van der Waals surface area contributed by atoms with Gasteiger partial charge in [-0.3, -0.25) is 9.69 Å². The lowest BCUT2D eigenvalue weighted by Gasteiger charge is -2.21. The van der Waals surface area contributed by atoms with Crippen LogP contribution in [-0.4, -0.2) is 37.1 Å². The Labute approximate surface area is 138 Å². The highest BCUT2D eigenvalue weighted by molar-refractivity contribution is 5.71. The predicted octanol–water partition coefficient (Wildman–Crippen LogP) is 3.34. The summed E-state index contributed by atoms with van der Waals surface area (Å²) in [6.07, 6.45) is 1.88. The fourth-order valence-electron chi connectivity index (χ4n) is 2.52. The second kappa shape index (κ2) is 9.80. The van der Waals surface area contributed by atoms with E-state index in [2.05, 4.69) is 53.4 Å². The number of rotatable bonds is 9. The first-order valence-corrected chi connectivity index (χ1v) is 8.23. The molecule has 0 saturated heterocycles. The van der Waals surface area contributed by atoms with Crippen LogP contribution in [0, 0.1) is 0 Å². The molecule has 0 unspecified atom stereocenters. The van der Waals surface area contributed by atoms with Crippen LogP contribution in [0.5, 0.6) is 0 Å². The van der Waals surface area contributed by atoms with Crippen molar-refractivity contribution in [3.63, 3.8) is 0 Å². The van der Waals surface area contributed by atoms with Gasteiger partial charge in [0, 0.05) is 13.1 Å². The molecular formula is C20H25NO2. The maximum absolute atomic E-state index is 11.8. The lowest BCUT2D eigenvalue weighted by atomic mass is 10.1. The summed E-state index contributed by atoms with van der Waals surface area (Å²) in [5.74, 6) is -0.145. The molecule has 0 aliphatic heterocycles. The van der Waals surface area contributed by atoms with Crippen molar-refractivity contribution in [2.24, 2.45) is 0 Å². The Kier molecular flexibility index (Phi) is 7.34. The van der Waals surface area contributed by atoms with Gasteiger partial charge >= 0.3 is 5.97 Å². The van der Waals surface area contributed by atoms with Crippen LogP contribution in [0.15, 0.2) is 60.7 Å². The number of ether oxygens (including phenoxy) is 1.